The number of nitrogens with two attached hydrogens (primary N) is 1. The van der Waals surface area contributed by atoms with Crippen molar-refractivity contribution in [2.24, 2.45) is 10.2 Å². The van der Waals surface area contributed by atoms with Gasteiger partial charge in [-0.3, -0.25) is 20.5 Å². The van der Waals surface area contributed by atoms with Crippen LogP contribution in [-0.2, 0) is 10.0 Å². The van der Waals surface area contributed by atoms with Gasteiger partial charge in [-0.2, -0.15) is 5.10 Å². The number of sulfonamides is 1. The molecule has 0 aliphatic rings. The number of nitrogens with one attached hydrogen (secondary N) is 1. The Labute approximate surface area is 132 Å². The molecule has 0 fully saturated rings. The smallest absolute Gasteiger partial charge is 0.271 e. The Balaban J connectivity index is 2.35. The number of anilines is 1. The Morgan fingerprint density at radius 1 is 1.39 bits per heavy atom. The van der Waals surface area contributed by atoms with Gasteiger partial charge < -0.3 is 0 Å². The predicted molar refractivity (Wildman–Crippen MR) is 84.5 cm³/mol. The number of nitro benzene ring substituents is 1. The van der Waals surface area contributed by atoms with E-state index in [0.717, 1.165) is 11.6 Å². The lowest BCUT2D eigenvalue weighted by molar-refractivity contribution is -0.384. The van der Waals surface area contributed by atoms with Crippen LogP contribution in [0.4, 0.5) is 11.4 Å². The molecule has 0 saturated carbocycles. The minimum atomic E-state index is -4.03. The summed E-state index contributed by atoms with van der Waals surface area (Å²) >= 11 is 0. The van der Waals surface area contributed by atoms with Gasteiger partial charge in [-0.05, 0) is 25.1 Å². The Hall–Kier alpha value is -2.85. The summed E-state index contributed by atoms with van der Waals surface area (Å²) in [4.78, 5) is 14.0. The first-order valence-electron chi connectivity index (χ1n) is 6.31. The SMILES string of the molecule is C/C(=N\Nc1ccc(S(N)(=O)=O)cc1[N+](=O)[O-])c1cccnc1. The van der Waals surface area contributed by atoms with Crippen LogP contribution in [0.3, 0.4) is 0 Å². The molecule has 0 saturated heterocycles. The van der Waals surface area contributed by atoms with Gasteiger partial charge in [0.1, 0.15) is 5.69 Å². The van der Waals surface area contributed by atoms with Crippen LogP contribution < -0.4 is 10.6 Å². The fourth-order valence-electron chi connectivity index (χ4n) is 1.72. The molecule has 1 heterocycles. The predicted octanol–water partition coefficient (Wildman–Crippen LogP) is 1.47. The second-order valence-corrected chi connectivity index (χ2v) is 6.09. The highest BCUT2D eigenvalue weighted by molar-refractivity contribution is 7.89. The van der Waals surface area contributed by atoms with Crippen LogP contribution >= 0.6 is 0 Å². The number of benzene rings is 1. The van der Waals surface area contributed by atoms with E-state index in [-0.39, 0.29) is 10.6 Å². The first-order valence-corrected chi connectivity index (χ1v) is 7.85. The molecule has 0 bridgehead atoms. The lowest BCUT2D eigenvalue weighted by Gasteiger charge is -2.06. The van der Waals surface area contributed by atoms with Gasteiger partial charge in [0.15, 0.2) is 0 Å². The van der Waals surface area contributed by atoms with E-state index < -0.39 is 20.6 Å². The standard InChI is InChI=1S/C13H13N5O4S/c1-9(10-3-2-6-15-8-10)16-17-12-5-4-11(23(14,21)22)7-13(12)18(19)20/h2-8,17H,1H3,(H2,14,21,22)/b16-9+. The first kappa shape index (κ1) is 16.5. The zero-order chi connectivity index (χ0) is 17.0. The van der Waals surface area contributed by atoms with Crippen molar-refractivity contribution in [1.29, 1.82) is 0 Å². The van der Waals surface area contributed by atoms with E-state index in [4.69, 9.17) is 5.14 Å². The van der Waals surface area contributed by atoms with Crippen molar-refractivity contribution in [3.05, 3.63) is 58.4 Å². The molecule has 0 atom stereocenters. The summed E-state index contributed by atoms with van der Waals surface area (Å²) in [6.45, 7) is 1.70. The quantitative estimate of drug-likeness (QED) is 0.481. The minimum Gasteiger partial charge on any atom is -0.271 e. The average molecular weight is 335 g/mol. The summed E-state index contributed by atoms with van der Waals surface area (Å²) in [5.74, 6) is 0. The summed E-state index contributed by atoms with van der Waals surface area (Å²) < 4.78 is 22.5. The van der Waals surface area contributed by atoms with Crippen molar-refractivity contribution in [3.8, 4) is 0 Å². The second kappa shape index (κ2) is 6.50. The molecule has 1 aromatic carbocycles. The number of nitrogens with zero attached hydrogens (tertiary/aromatic N) is 3. The van der Waals surface area contributed by atoms with E-state index in [1.54, 1.807) is 31.5 Å². The van der Waals surface area contributed by atoms with Crippen LogP contribution in [0.1, 0.15) is 12.5 Å². The molecule has 0 radical (unpaired) electrons. The Morgan fingerprint density at radius 3 is 2.70 bits per heavy atom. The van der Waals surface area contributed by atoms with Crippen LogP contribution in [0.15, 0.2) is 52.7 Å². The number of nitro groups is 1. The van der Waals surface area contributed by atoms with Gasteiger partial charge in [0.2, 0.25) is 10.0 Å². The van der Waals surface area contributed by atoms with E-state index in [9.17, 15) is 18.5 Å². The lowest BCUT2D eigenvalue weighted by Crippen LogP contribution is -2.12. The molecule has 9 nitrogen and oxygen atoms in total. The molecule has 120 valence electrons. The molecular formula is C13H13N5O4S. The molecule has 0 spiro atoms. The monoisotopic (exact) mass is 335 g/mol. The summed E-state index contributed by atoms with van der Waals surface area (Å²) in [6, 6.07) is 6.80. The van der Waals surface area contributed by atoms with Crippen molar-refractivity contribution in [2.45, 2.75) is 11.8 Å². The number of hydrogen-bond acceptors (Lipinski definition) is 7. The molecule has 10 heteroatoms. The van der Waals surface area contributed by atoms with E-state index in [2.05, 4.69) is 15.5 Å². The number of hydrogen-bond donors (Lipinski definition) is 2. The Kier molecular flexibility index (Phi) is 4.67. The van der Waals surface area contributed by atoms with Gasteiger partial charge in [-0.15, -0.1) is 0 Å². The maximum absolute atomic E-state index is 11.3. The maximum atomic E-state index is 11.3. The van der Waals surface area contributed by atoms with Crippen LogP contribution in [0, 0.1) is 10.1 Å². The third-order valence-corrected chi connectivity index (χ3v) is 3.83. The highest BCUT2D eigenvalue weighted by Crippen LogP contribution is 2.27. The maximum Gasteiger partial charge on any atom is 0.295 e. The van der Waals surface area contributed by atoms with E-state index in [1.165, 1.54) is 12.1 Å². The van der Waals surface area contributed by atoms with Crippen molar-refractivity contribution in [3.63, 3.8) is 0 Å². The third-order valence-electron chi connectivity index (χ3n) is 2.92. The highest BCUT2D eigenvalue weighted by atomic mass is 32.2. The largest absolute Gasteiger partial charge is 0.295 e. The second-order valence-electron chi connectivity index (χ2n) is 4.53. The molecule has 2 aromatic rings. The Bertz CT molecular complexity index is 865. The molecule has 2 rings (SSSR count). The summed E-state index contributed by atoms with van der Waals surface area (Å²) in [7, 11) is -4.03. The topological polar surface area (TPSA) is 141 Å². The number of pyridine rings is 1. The summed E-state index contributed by atoms with van der Waals surface area (Å²) in [5.41, 5.74) is 3.45. The third kappa shape index (κ3) is 4.08. The summed E-state index contributed by atoms with van der Waals surface area (Å²) in [6.07, 6.45) is 3.21. The number of hydrazone groups is 1. The number of rotatable bonds is 5. The minimum absolute atomic E-state index is 0.0469. The van der Waals surface area contributed by atoms with Crippen LogP contribution in [0.5, 0.6) is 0 Å². The van der Waals surface area contributed by atoms with E-state index in [0.29, 0.717) is 5.71 Å². The number of primary sulfonamides is 1. The van der Waals surface area contributed by atoms with Crippen molar-refractivity contribution >= 4 is 27.1 Å². The lowest BCUT2D eigenvalue weighted by atomic mass is 10.2. The number of aromatic nitrogens is 1. The molecular weight excluding hydrogens is 322 g/mol. The fraction of sp³-hybridized carbons (Fsp3) is 0.0769. The van der Waals surface area contributed by atoms with Crippen LogP contribution in [0.2, 0.25) is 0 Å². The Morgan fingerprint density at radius 2 is 2.13 bits per heavy atom. The van der Waals surface area contributed by atoms with Gasteiger partial charge in [-0.1, -0.05) is 6.07 Å². The normalized spacial score (nSPS) is 12.0. The molecule has 0 aliphatic carbocycles. The molecule has 0 aliphatic heterocycles. The van der Waals surface area contributed by atoms with Crippen molar-refractivity contribution in [2.75, 3.05) is 5.43 Å². The van der Waals surface area contributed by atoms with Gasteiger partial charge in [0.25, 0.3) is 5.69 Å². The zero-order valence-electron chi connectivity index (χ0n) is 12.0. The first-order chi connectivity index (χ1) is 10.8. The van der Waals surface area contributed by atoms with E-state index in [1.807, 2.05) is 0 Å². The molecule has 0 unspecified atom stereocenters. The van der Waals surface area contributed by atoms with Gasteiger partial charge >= 0.3 is 0 Å². The van der Waals surface area contributed by atoms with Crippen molar-refractivity contribution in [1.82, 2.24) is 4.98 Å². The van der Waals surface area contributed by atoms with Gasteiger partial charge in [-0.25, -0.2) is 13.6 Å². The molecule has 0 amide bonds. The van der Waals surface area contributed by atoms with Crippen LogP contribution in [0.25, 0.3) is 0 Å². The summed E-state index contributed by atoms with van der Waals surface area (Å²) in [5, 5.41) is 20.1. The van der Waals surface area contributed by atoms with Crippen LogP contribution in [-0.4, -0.2) is 24.0 Å². The molecule has 3 N–H and O–H groups in total. The molecule has 1 aromatic heterocycles. The fourth-order valence-corrected chi connectivity index (χ4v) is 2.25. The van der Waals surface area contributed by atoms with E-state index >= 15 is 0 Å². The highest BCUT2D eigenvalue weighted by Gasteiger charge is 2.18. The zero-order valence-corrected chi connectivity index (χ0v) is 12.8. The average Bonchev–Trinajstić information content (AvgIpc) is 2.52. The van der Waals surface area contributed by atoms with Gasteiger partial charge in [0, 0.05) is 24.0 Å². The van der Waals surface area contributed by atoms with Crippen molar-refractivity contribution < 1.29 is 13.3 Å². The van der Waals surface area contributed by atoms with Gasteiger partial charge in [0.05, 0.1) is 15.5 Å². The molecule has 23 heavy (non-hydrogen) atoms.